The van der Waals surface area contributed by atoms with Gasteiger partial charge in [-0.25, -0.2) is 4.79 Å². The van der Waals surface area contributed by atoms with Crippen molar-refractivity contribution in [3.63, 3.8) is 0 Å². The number of ketones is 1. The molecule has 2 aliphatic rings. The van der Waals surface area contributed by atoms with Crippen LogP contribution in [0.15, 0.2) is 24.3 Å². The Kier molecular flexibility index (Phi) is 6.80. The number of carbonyl (C=O) groups excluding carboxylic acids is 2. The van der Waals surface area contributed by atoms with Gasteiger partial charge in [-0.3, -0.25) is 4.79 Å². The van der Waals surface area contributed by atoms with Crippen LogP contribution >= 0.6 is 0 Å². The number of esters is 1. The van der Waals surface area contributed by atoms with E-state index < -0.39 is 11.6 Å². The maximum Gasteiger partial charge on any atom is 0.333 e. The number of aliphatic hydroxyl groups is 1. The van der Waals surface area contributed by atoms with Gasteiger partial charge in [-0.05, 0) is 65.2 Å². The van der Waals surface area contributed by atoms with E-state index in [2.05, 4.69) is 19.6 Å². The fraction of sp³-hybridized carbons (Fsp3) is 0.714. The van der Waals surface area contributed by atoms with Crippen LogP contribution in [0.1, 0.15) is 65.7 Å². The molecule has 1 fully saturated rings. The summed E-state index contributed by atoms with van der Waals surface area (Å²) < 4.78 is 11.0. The third-order valence-corrected chi connectivity index (χ3v) is 5.66. The summed E-state index contributed by atoms with van der Waals surface area (Å²) in [5.74, 6) is -0.735. The number of allylic oxidation sites excluding steroid dienone is 2. The molecule has 1 N–H and O–H groups in total. The molecule has 1 aliphatic carbocycles. The molecule has 5 heteroatoms. The summed E-state index contributed by atoms with van der Waals surface area (Å²) in [7, 11) is 0. The summed E-state index contributed by atoms with van der Waals surface area (Å²) in [6.45, 7) is 9.65. The van der Waals surface area contributed by atoms with Crippen LogP contribution in [-0.2, 0) is 19.1 Å². The second-order valence-corrected chi connectivity index (χ2v) is 7.88. The van der Waals surface area contributed by atoms with E-state index in [-0.39, 0.29) is 23.4 Å². The van der Waals surface area contributed by atoms with Crippen molar-refractivity contribution in [1.29, 1.82) is 0 Å². The number of fused-ring (bicyclic) bond motifs is 1. The van der Waals surface area contributed by atoms with Gasteiger partial charge in [0.15, 0.2) is 5.78 Å². The largest absolute Gasteiger partial charge is 0.463 e. The number of carbonyl (C=O) groups is 2. The van der Waals surface area contributed by atoms with Crippen LogP contribution in [0.3, 0.4) is 0 Å². The molecule has 0 aromatic carbocycles. The number of hydrogen-bond donors (Lipinski definition) is 1. The predicted molar refractivity (Wildman–Crippen MR) is 99.6 cm³/mol. The Morgan fingerprint density at radius 1 is 1.35 bits per heavy atom. The van der Waals surface area contributed by atoms with Gasteiger partial charge in [0.25, 0.3) is 0 Å². The molecule has 146 valence electrons. The van der Waals surface area contributed by atoms with Crippen LogP contribution in [0.5, 0.6) is 0 Å². The highest BCUT2D eigenvalue weighted by Crippen LogP contribution is 2.45. The Morgan fingerprint density at radius 2 is 2.04 bits per heavy atom. The molecular weight excluding hydrogens is 332 g/mol. The molecule has 4 atom stereocenters. The third kappa shape index (κ3) is 5.27. The lowest BCUT2D eigenvalue weighted by atomic mass is 9.82. The van der Waals surface area contributed by atoms with Gasteiger partial charge >= 0.3 is 5.97 Å². The summed E-state index contributed by atoms with van der Waals surface area (Å²) in [6, 6.07) is 0. The van der Waals surface area contributed by atoms with Gasteiger partial charge in [0.2, 0.25) is 0 Å². The summed E-state index contributed by atoms with van der Waals surface area (Å²) >= 11 is 0. The molecule has 0 radical (unpaired) electrons. The first-order valence-electron chi connectivity index (χ1n) is 9.64. The zero-order valence-electron chi connectivity index (χ0n) is 16.3. The molecule has 0 bridgehead atoms. The van der Waals surface area contributed by atoms with Gasteiger partial charge in [-0.15, -0.1) is 0 Å². The molecule has 1 aliphatic heterocycles. The highest BCUT2D eigenvalue weighted by atomic mass is 16.6. The molecular formula is C21H32O5. The molecule has 1 heterocycles. The molecule has 0 aromatic heterocycles. The van der Waals surface area contributed by atoms with E-state index >= 15 is 0 Å². The van der Waals surface area contributed by atoms with Gasteiger partial charge in [-0.2, -0.15) is 0 Å². The zero-order chi connectivity index (χ0) is 19.4. The number of ether oxygens (including phenoxy) is 2. The summed E-state index contributed by atoms with van der Waals surface area (Å²) in [4.78, 5) is 24.5. The smallest absolute Gasteiger partial charge is 0.333 e. The van der Waals surface area contributed by atoms with E-state index in [1.807, 2.05) is 6.08 Å². The second-order valence-electron chi connectivity index (χ2n) is 7.88. The minimum Gasteiger partial charge on any atom is -0.463 e. The van der Waals surface area contributed by atoms with Gasteiger partial charge < -0.3 is 14.6 Å². The van der Waals surface area contributed by atoms with E-state index in [1.165, 1.54) is 0 Å². The first-order chi connectivity index (χ1) is 12.2. The van der Waals surface area contributed by atoms with Crippen LogP contribution in [0, 0.1) is 5.92 Å². The summed E-state index contributed by atoms with van der Waals surface area (Å²) in [5, 5.41) is 10.6. The third-order valence-electron chi connectivity index (χ3n) is 5.66. The first-order valence-corrected chi connectivity index (χ1v) is 9.64. The Morgan fingerprint density at radius 3 is 2.73 bits per heavy atom. The van der Waals surface area contributed by atoms with Crippen molar-refractivity contribution in [2.24, 2.45) is 5.92 Å². The Labute approximate surface area is 156 Å². The minimum absolute atomic E-state index is 0.0654. The van der Waals surface area contributed by atoms with Crippen LogP contribution in [0.25, 0.3) is 0 Å². The normalized spacial score (nSPS) is 35.9. The molecule has 0 amide bonds. The Balaban J connectivity index is 2.15. The summed E-state index contributed by atoms with van der Waals surface area (Å²) in [6.07, 6.45) is 8.36. The topological polar surface area (TPSA) is 76.1 Å². The van der Waals surface area contributed by atoms with Gasteiger partial charge in [-0.1, -0.05) is 18.7 Å². The van der Waals surface area contributed by atoms with Crippen molar-refractivity contribution in [3.8, 4) is 0 Å². The zero-order valence-corrected chi connectivity index (χ0v) is 16.3. The molecule has 0 saturated carbocycles. The van der Waals surface area contributed by atoms with E-state index in [1.54, 1.807) is 13.8 Å². The van der Waals surface area contributed by atoms with Crippen molar-refractivity contribution < 1.29 is 24.2 Å². The fourth-order valence-corrected chi connectivity index (χ4v) is 3.58. The van der Waals surface area contributed by atoms with Gasteiger partial charge in [0.05, 0.1) is 18.3 Å². The highest BCUT2D eigenvalue weighted by Gasteiger charge is 2.52. The van der Waals surface area contributed by atoms with Crippen LogP contribution in [0.4, 0.5) is 0 Å². The first kappa shape index (κ1) is 20.8. The highest BCUT2D eigenvalue weighted by molar-refractivity contribution is 5.88. The van der Waals surface area contributed by atoms with Crippen molar-refractivity contribution in [3.05, 3.63) is 24.3 Å². The predicted octanol–water partition coefficient (Wildman–Crippen LogP) is 3.50. The van der Waals surface area contributed by atoms with Gasteiger partial charge in [0.1, 0.15) is 5.60 Å². The van der Waals surface area contributed by atoms with Crippen molar-refractivity contribution in [1.82, 2.24) is 0 Å². The van der Waals surface area contributed by atoms with Crippen LogP contribution in [-0.4, -0.2) is 40.8 Å². The monoisotopic (exact) mass is 364 g/mol. The number of epoxide rings is 1. The average molecular weight is 364 g/mol. The lowest BCUT2D eigenvalue weighted by Crippen LogP contribution is -2.36. The van der Waals surface area contributed by atoms with Crippen molar-refractivity contribution in [2.45, 2.75) is 83.0 Å². The summed E-state index contributed by atoms with van der Waals surface area (Å²) in [5.41, 5.74) is -1.15. The van der Waals surface area contributed by atoms with Crippen molar-refractivity contribution >= 4 is 11.8 Å². The Bertz CT molecular complexity index is 577. The lowest BCUT2D eigenvalue weighted by molar-refractivity contribution is -0.139. The number of hydrogen-bond acceptors (Lipinski definition) is 5. The SMILES string of the molecule is C=C(C(=O)OCC)C1CCC(C)(O)C(=O)CCC=CCCC2(C)OC2C1. The fourth-order valence-electron chi connectivity index (χ4n) is 3.58. The second kappa shape index (κ2) is 8.49. The number of rotatable bonds is 3. The lowest BCUT2D eigenvalue weighted by Gasteiger charge is -2.25. The molecule has 1 saturated heterocycles. The van der Waals surface area contributed by atoms with Gasteiger partial charge in [0, 0.05) is 12.0 Å². The van der Waals surface area contributed by atoms with E-state index in [9.17, 15) is 14.7 Å². The van der Waals surface area contributed by atoms with E-state index in [0.717, 1.165) is 12.8 Å². The van der Waals surface area contributed by atoms with E-state index in [0.29, 0.717) is 44.3 Å². The molecule has 0 spiro atoms. The molecule has 2 rings (SSSR count). The average Bonchev–Trinajstić information content (AvgIpc) is 3.23. The molecule has 5 nitrogen and oxygen atoms in total. The molecule has 26 heavy (non-hydrogen) atoms. The van der Waals surface area contributed by atoms with Crippen LogP contribution in [0.2, 0.25) is 0 Å². The molecule has 4 unspecified atom stereocenters. The minimum atomic E-state index is -1.39. The van der Waals surface area contributed by atoms with Crippen LogP contribution < -0.4 is 0 Å². The van der Waals surface area contributed by atoms with E-state index in [4.69, 9.17) is 9.47 Å². The maximum absolute atomic E-state index is 12.3. The maximum atomic E-state index is 12.3. The molecule has 0 aromatic rings. The quantitative estimate of drug-likeness (QED) is 0.359. The van der Waals surface area contributed by atoms with Crippen molar-refractivity contribution in [2.75, 3.05) is 6.61 Å². The number of Topliss-reactive ketones (excluding diaryl/α,β-unsaturated/α-hetero) is 1. The Hall–Kier alpha value is -1.46. The standard InChI is InChI=1S/C21H32O5/c1-5-25-19(23)15(2)16-11-13-20(3,24)17(22)10-8-6-7-9-12-21(4)18(14-16)26-21/h6-7,16,18,24H,2,5,8-14H2,1,3-4H3.